The van der Waals surface area contributed by atoms with Crippen molar-refractivity contribution in [3.63, 3.8) is 0 Å². The van der Waals surface area contributed by atoms with Crippen LogP contribution in [0.5, 0.6) is 0 Å². The van der Waals surface area contributed by atoms with Crippen LogP contribution >= 0.6 is 0 Å². The third-order valence-electron chi connectivity index (χ3n) is 3.69. The Hall–Kier alpha value is -2.29. The molecule has 0 bridgehead atoms. The highest BCUT2D eigenvalue weighted by Crippen LogP contribution is 2.26. The molecule has 3 aromatic rings. The van der Waals surface area contributed by atoms with E-state index in [0.29, 0.717) is 5.58 Å². The topological polar surface area (TPSA) is 33.5 Å². The van der Waals surface area contributed by atoms with Crippen molar-refractivity contribution in [1.82, 2.24) is 0 Å². The Morgan fingerprint density at radius 1 is 0.900 bits per heavy atom. The van der Waals surface area contributed by atoms with Crippen LogP contribution in [0.15, 0.2) is 51.7 Å². The van der Waals surface area contributed by atoms with Gasteiger partial charge in [0.05, 0.1) is 0 Å². The summed E-state index contributed by atoms with van der Waals surface area (Å²) in [5, 5.41) is 3.20. The van der Waals surface area contributed by atoms with Gasteiger partial charge in [-0.3, -0.25) is 0 Å². The Balaban J connectivity index is 2.22. The first kappa shape index (κ1) is 12.7. The molecule has 3 rings (SSSR count). The van der Waals surface area contributed by atoms with Gasteiger partial charge in [0.15, 0.2) is 0 Å². The molecule has 0 aliphatic heterocycles. The van der Waals surface area contributed by atoms with Crippen LogP contribution in [0.4, 0.5) is 5.69 Å². The predicted octanol–water partition coefficient (Wildman–Crippen LogP) is 3.79. The number of fused-ring (bicyclic) bond motifs is 2. The number of rotatable bonds is 3. The smallest absolute Gasteiger partial charge is 0.336 e. The molecule has 0 fully saturated rings. The molecule has 0 N–H and O–H groups in total. The van der Waals surface area contributed by atoms with Crippen molar-refractivity contribution in [3.05, 3.63) is 52.9 Å². The minimum Gasteiger partial charge on any atom is -0.423 e. The highest BCUT2D eigenvalue weighted by molar-refractivity contribution is 5.97. The van der Waals surface area contributed by atoms with Crippen molar-refractivity contribution in [3.8, 4) is 0 Å². The molecule has 0 amide bonds. The molecule has 0 spiro atoms. The van der Waals surface area contributed by atoms with Gasteiger partial charge in [-0.25, -0.2) is 4.79 Å². The molecule has 0 saturated carbocycles. The quantitative estimate of drug-likeness (QED) is 0.534. The van der Waals surface area contributed by atoms with Crippen LogP contribution in [0, 0.1) is 0 Å². The van der Waals surface area contributed by atoms with Crippen LogP contribution in [-0.4, -0.2) is 13.1 Å². The summed E-state index contributed by atoms with van der Waals surface area (Å²) in [4.78, 5) is 13.6. The molecule has 102 valence electrons. The second-order valence-electron chi connectivity index (χ2n) is 4.85. The predicted molar refractivity (Wildman–Crippen MR) is 83.6 cm³/mol. The zero-order valence-electron chi connectivity index (χ0n) is 11.7. The second-order valence-corrected chi connectivity index (χ2v) is 4.85. The van der Waals surface area contributed by atoms with Crippen LogP contribution < -0.4 is 10.5 Å². The molecule has 20 heavy (non-hydrogen) atoms. The van der Waals surface area contributed by atoms with Gasteiger partial charge in [0, 0.05) is 30.2 Å². The summed E-state index contributed by atoms with van der Waals surface area (Å²) in [5.74, 6) is 0. The first-order valence-electron chi connectivity index (χ1n) is 6.94. The summed E-state index contributed by atoms with van der Waals surface area (Å²) < 4.78 is 5.25. The Kier molecular flexibility index (Phi) is 3.18. The Morgan fingerprint density at radius 2 is 1.65 bits per heavy atom. The van der Waals surface area contributed by atoms with Crippen molar-refractivity contribution in [2.75, 3.05) is 18.0 Å². The molecule has 0 atom stereocenters. The van der Waals surface area contributed by atoms with Crippen molar-refractivity contribution in [1.29, 1.82) is 0 Å². The monoisotopic (exact) mass is 267 g/mol. The molecule has 0 radical (unpaired) electrons. The van der Waals surface area contributed by atoms with Gasteiger partial charge < -0.3 is 9.32 Å². The lowest BCUT2D eigenvalue weighted by atomic mass is 10.1. The third kappa shape index (κ3) is 2.16. The zero-order chi connectivity index (χ0) is 14.1. The van der Waals surface area contributed by atoms with Gasteiger partial charge >= 0.3 is 5.63 Å². The SMILES string of the molecule is CCN(CC)c1ccc2cc3ccc(=O)oc3cc2c1. The molecule has 0 aliphatic carbocycles. The van der Waals surface area contributed by atoms with E-state index in [4.69, 9.17) is 4.42 Å². The van der Waals surface area contributed by atoms with Crippen molar-refractivity contribution in [2.24, 2.45) is 0 Å². The molecular weight excluding hydrogens is 250 g/mol. The number of nitrogens with zero attached hydrogens (tertiary/aromatic N) is 1. The Morgan fingerprint density at radius 3 is 2.40 bits per heavy atom. The highest BCUT2D eigenvalue weighted by Gasteiger charge is 2.05. The Bertz CT molecular complexity index is 816. The summed E-state index contributed by atoms with van der Waals surface area (Å²) in [6.45, 7) is 6.25. The van der Waals surface area contributed by atoms with E-state index in [9.17, 15) is 4.79 Å². The van der Waals surface area contributed by atoms with Gasteiger partial charge in [-0.1, -0.05) is 6.07 Å². The molecule has 3 nitrogen and oxygen atoms in total. The van der Waals surface area contributed by atoms with Gasteiger partial charge in [0.25, 0.3) is 0 Å². The first-order chi connectivity index (χ1) is 9.71. The van der Waals surface area contributed by atoms with E-state index >= 15 is 0 Å². The highest BCUT2D eigenvalue weighted by atomic mass is 16.4. The number of anilines is 1. The van der Waals surface area contributed by atoms with Crippen LogP contribution in [0.2, 0.25) is 0 Å². The van der Waals surface area contributed by atoms with Gasteiger partial charge in [-0.2, -0.15) is 0 Å². The third-order valence-corrected chi connectivity index (χ3v) is 3.69. The molecule has 3 heteroatoms. The van der Waals surface area contributed by atoms with Crippen LogP contribution in [0.25, 0.3) is 21.7 Å². The standard InChI is InChI=1S/C17H17NO2/c1-3-18(4-2)15-7-5-12-9-13-6-8-17(19)20-16(13)11-14(12)10-15/h5-11H,3-4H2,1-2H3. The zero-order valence-corrected chi connectivity index (χ0v) is 11.7. The summed E-state index contributed by atoms with van der Waals surface area (Å²) in [6, 6.07) is 13.7. The average molecular weight is 267 g/mol. The normalized spacial score (nSPS) is 11.1. The molecule has 1 heterocycles. The second kappa shape index (κ2) is 5.00. The lowest BCUT2D eigenvalue weighted by Gasteiger charge is -2.21. The molecule has 1 aromatic heterocycles. The minimum atomic E-state index is -0.309. The van der Waals surface area contributed by atoms with Crippen molar-refractivity contribution >= 4 is 27.4 Å². The van der Waals surface area contributed by atoms with E-state index in [1.165, 1.54) is 11.8 Å². The maximum atomic E-state index is 11.3. The van der Waals surface area contributed by atoms with E-state index in [1.807, 2.05) is 6.07 Å². The molecule has 0 aliphatic rings. The van der Waals surface area contributed by atoms with E-state index in [0.717, 1.165) is 29.2 Å². The lowest BCUT2D eigenvalue weighted by Crippen LogP contribution is -2.21. The van der Waals surface area contributed by atoms with E-state index in [1.54, 1.807) is 6.07 Å². The van der Waals surface area contributed by atoms with Crippen molar-refractivity contribution < 1.29 is 4.42 Å². The fourth-order valence-electron chi connectivity index (χ4n) is 2.59. The van der Waals surface area contributed by atoms with E-state index in [2.05, 4.69) is 43.0 Å². The fraction of sp³-hybridized carbons (Fsp3) is 0.235. The largest absolute Gasteiger partial charge is 0.423 e. The maximum Gasteiger partial charge on any atom is 0.336 e. The fourth-order valence-corrected chi connectivity index (χ4v) is 2.59. The number of hydrogen-bond acceptors (Lipinski definition) is 3. The van der Waals surface area contributed by atoms with Gasteiger partial charge in [0.2, 0.25) is 0 Å². The van der Waals surface area contributed by atoms with Crippen LogP contribution in [0.3, 0.4) is 0 Å². The van der Waals surface area contributed by atoms with Gasteiger partial charge in [-0.15, -0.1) is 0 Å². The van der Waals surface area contributed by atoms with E-state index < -0.39 is 0 Å². The molecule has 2 aromatic carbocycles. The molecule has 0 saturated heterocycles. The summed E-state index contributed by atoms with van der Waals surface area (Å²) >= 11 is 0. The molecule has 0 unspecified atom stereocenters. The van der Waals surface area contributed by atoms with Crippen molar-refractivity contribution in [2.45, 2.75) is 13.8 Å². The average Bonchev–Trinajstić information content (AvgIpc) is 2.46. The minimum absolute atomic E-state index is 0.309. The lowest BCUT2D eigenvalue weighted by molar-refractivity contribution is 0.561. The maximum absolute atomic E-state index is 11.3. The molecular formula is C17H17NO2. The first-order valence-corrected chi connectivity index (χ1v) is 6.94. The number of benzene rings is 2. The summed E-state index contributed by atoms with van der Waals surface area (Å²) in [7, 11) is 0. The van der Waals surface area contributed by atoms with E-state index in [-0.39, 0.29) is 5.63 Å². The van der Waals surface area contributed by atoms with Gasteiger partial charge in [-0.05, 0) is 55.0 Å². The van der Waals surface area contributed by atoms with Crippen LogP contribution in [-0.2, 0) is 0 Å². The number of hydrogen-bond donors (Lipinski definition) is 0. The Labute approximate surface area is 117 Å². The summed E-state index contributed by atoms with van der Waals surface area (Å²) in [6.07, 6.45) is 0. The summed E-state index contributed by atoms with van der Waals surface area (Å²) in [5.41, 5.74) is 1.53. The van der Waals surface area contributed by atoms with Crippen LogP contribution in [0.1, 0.15) is 13.8 Å². The van der Waals surface area contributed by atoms with Gasteiger partial charge in [0.1, 0.15) is 5.58 Å².